The molecule has 0 atom stereocenters. The number of benzene rings is 1. The molecule has 0 unspecified atom stereocenters. The fourth-order valence-corrected chi connectivity index (χ4v) is 2.76. The number of hydrogen-bond donors (Lipinski definition) is 1. The fraction of sp³-hybridized carbons (Fsp3) is 0.167. The van der Waals surface area contributed by atoms with Crippen molar-refractivity contribution >= 4 is 40.5 Å². The first-order valence-electron chi connectivity index (χ1n) is 5.18. The molecule has 0 aliphatic heterocycles. The highest BCUT2D eigenvalue weighted by atomic mass is 35.5. The summed E-state index contributed by atoms with van der Waals surface area (Å²) in [7, 11) is 0. The van der Waals surface area contributed by atoms with Crippen LogP contribution in [0.5, 0.6) is 0 Å². The molecule has 0 radical (unpaired) electrons. The van der Waals surface area contributed by atoms with Gasteiger partial charge in [-0.15, -0.1) is 11.3 Å². The molecule has 0 fully saturated rings. The summed E-state index contributed by atoms with van der Waals surface area (Å²) in [5.41, 5.74) is 1.53. The van der Waals surface area contributed by atoms with Crippen molar-refractivity contribution in [2.45, 2.75) is 12.8 Å². The molecule has 0 bridgehead atoms. The Hall–Kier alpha value is -1.10. The Labute approximate surface area is 118 Å². The highest BCUT2D eigenvalue weighted by molar-refractivity contribution is 7.13. The second-order valence-electron chi connectivity index (χ2n) is 3.66. The van der Waals surface area contributed by atoms with Gasteiger partial charge in [0, 0.05) is 22.4 Å². The van der Waals surface area contributed by atoms with Crippen LogP contribution in [-0.2, 0) is 11.2 Å². The van der Waals surface area contributed by atoms with Gasteiger partial charge in [0.25, 0.3) is 0 Å². The van der Waals surface area contributed by atoms with Crippen LogP contribution in [0.2, 0.25) is 10.0 Å². The summed E-state index contributed by atoms with van der Waals surface area (Å²) in [5.74, 6) is -0.828. The molecule has 0 spiro atoms. The van der Waals surface area contributed by atoms with E-state index in [2.05, 4.69) is 4.98 Å². The summed E-state index contributed by atoms with van der Waals surface area (Å²) in [4.78, 5) is 14.9. The van der Waals surface area contributed by atoms with E-state index in [0.29, 0.717) is 16.5 Å². The lowest BCUT2D eigenvalue weighted by molar-refractivity contribution is -0.136. The van der Waals surface area contributed by atoms with Crippen LogP contribution in [0.1, 0.15) is 12.1 Å². The highest BCUT2D eigenvalue weighted by Crippen LogP contribution is 2.32. The Balaban J connectivity index is 2.23. The van der Waals surface area contributed by atoms with Crippen LogP contribution in [0.15, 0.2) is 23.6 Å². The summed E-state index contributed by atoms with van der Waals surface area (Å²) < 4.78 is 0. The van der Waals surface area contributed by atoms with E-state index < -0.39 is 5.97 Å². The van der Waals surface area contributed by atoms with E-state index >= 15 is 0 Å². The normalized spacial score (nSPS) is 10.6. The van der Waals surface area contributed by atoms with E-state index in [1.165, 1.54) is 11.3 Å². The van der Waals surface area contributed by atoms with Crippen molar-refractivity contribution in [2.75, 3.05) is 0 Å². The fourth-order valence-electron chi connectivity index (χ4n) is 1.44. The predicted molar refractivity (Wildman–Crippen MR) is 73.5 cm³/mol. The van der Waals surface area contributed by atoms with Crippen molar-refractivity contribution in [3.05, 3.63) is 39.3 Å². The molecule has 0 aliphatic carbocycles. The van der Waals surface area contributed by atoms with E-state index in [4.69, 9.17) is 28.3 Å². The van der Waals surface area contributed by atoms with Gasteiger partial charge in [-0.1, -0.05) is 23.2 Å². The zero-order valence-corrected chi connectivity index (χ0v) is 11.5. The van der Waals surface area contributed by atoms with Gasteiger partial charge in [-0.2, -0.15) is 0 Å². The number of nitrogens with zero attached hydrogens (tertiary/aromatic N) is 1. The van der Waals surface area contributed by atoms with Gasteiger partial charge in [-0.25, -0.2) is 4.98 Å². The molecule has 94 valence electrons. The van der Waals surface area contributed by atoms with Crippen molar-refractivity contribution in [1.29, 1.82) is 0 Å². The molecule has 0 saturated carbocycles. The van der Waals surface area contributed by atoms with Gasteiger partial charge < -0.3 is 5.11 Å². The second-order valence-corrected chi connectivity index (χ2v) is 5.36. The van der Waals surface area contributed by atoms with Gasteiger partial charge in [0.1, 0.15) is 5.01 Å². The maximum Gasteiger partial charge on any atom is 0.303 e. The molecular weight excluding hydrogens is 293 g/mol. The van der Waals surface area contributed by atoms with Crippen LogP contribution in [-0.4, -0.2) is 16.1 Å². The lowest BCUT2D eigenvalue weighted by Crippen LogP contribution is -1.97. The molecule has 1 heterocycles. The summed E-state index contributed by atoms with van der Waals surface area (Å²) >= 11 is 13.4. The Morgan fingerprint density at radius 2 is 2.17 bits per heavy atom. The monoisotopic (exact) mass is 301 g/mol. The topological polar surface area (TPSA) is 50.2 Å². The molecule has 3 nitrogen and oxygen atoms in total. The van der Waals surface area contributed by atoms with Gasteiger partial charge >= 0.3 is 5.97 Å². The Bertz CT molecular complexity index is 583. The number of rotatable bonds is 4. The van der Waals surface area contributed by atoms with Crippen molar-refractivity contribution in [3.8, 4) is 10.6 Å². The first-order chi connectivity index (χ1) is 8.56. The molecule has 2 aromatic rings. The SMILES string of the molecule is O=C(O)CCc1csc(-c2cc(Cl)ccc2Cl)n1. The highest BCUT2D eigenvalue weighted by Gasteiger charge is 2.10. The van der Waals surface area contributed by atoms with Crippen molar-refractivity contribution in [2.24, 2.45) is 0 Å². The van der Waals surface area contributed by atoms with Crippen molar-refractivity contribution in [1.82, 2.24) is 4.98 Å². The number of aryl methyl sites for hydroxylation is 1. The molecule has 2 rings (SSSR count). The zero-order valence-electron chi connectivity index (χ0n) is 9.19. The molecule has 1 aromatic carbocycles. The quantitative estimate of drug-likeness (QED) is 0.923. The molecule has 6 heteroatoms. The molecule has 18 heavy (non-hydrogen) atoms. The minimum absolute atomic E-state index is 0.0758. The van der Waals surface area contributed by atoms with Gasteiger partial charge in [0.05, 0.1) is 17.1 Å². The average Bonchev–Trinajstić information content (AvgIpc) is 2.78. The Morgan fingerprint density at radius 1 is 1.39 bits per heavy atom. The Kier molecular flexibility index (Phi) is 4.22. The van der Waals surface area contributed by atoms with Gasteiger partial charge in [-0.3, -0.25) is 4.79 Å². The number of hydrogen-bond acceptors (Lipinski definition) is 3. The van der Waals surface area contributed by atoms with Crippen LogP contribution in [0.3, 0.4) is 0 Å². The second kappa shape index (κ2) is 5.69. The number of carboxylic acids is 1. The predicted octanol–water partition coefficient (Wildman–Crippen LogP) is 4.13. The van der Waals surface area contributed by atoms with Crippen molar-refractivity contribution in [3.63, 3.8) is 0 Å². The van der Waals surface area contributed by atoms with E-state index in [1.807, 2.05) is 5.38 Å². The van der Waals surface area contributed by atoms with Crippen LogP contribution in [0.25, 0.3) is 10.6 Å². The van der Waals surface area contributed by atoms with Gasteiger partial charge in [0.15, 0.2) is 0 Å². The molecule has 0 amide bonds. The summed E-state index contributed by atoms with van der Waals surface area (Å²) in [5, 5.41) is 12.4. The minimum atomic E-state index is -0.828. The standard InChI is InChI=1S/C12H9Cl2NO2S/c13-7-1-3-10(14)9(5-7)12-15-8(6-18-12)2-4-11(16)17/h1,3,5-6H,2,4H2,(H,16,17). The average molecular weight is 302 g/mol. The molecule has 0 aliphatic rings. The number of halogens is 2. The van der Waals surface area contributed by atoms with Crippen LogP contribution >= 0.6 is 34.5 Å². The number of aliphatic carboxylic acids is 1. The summed E-state index contributed by atoms with van der Waals surface area (Å²) in [6.07, 6.45) is 0.496. The number of aromatic nitrogens is 1. The minimum Gasteiger partial charge on any atom is -0.481 e. The number of thiazole rings is 1. The molecule has 1 aromatic heterocycles. The first kappa shape index (κ1) is 13.3. The van der Waals surface area contributed by atoms with Crippen LogP contribution in [0.4, 0.5) is 0 Å². The third-order valence-corrected chi connectivity index (χ3v) is 3.79. The summed E-state index contributed by atoms with van der Waals surface area (Å²) in [6.45, 7) is 0. The molecule has 0 saturated heterocycles. The van der Waals surface area contributed by atoms with E-state index in [-0.39, 0.29) is 6.42 Å². The molecule has 1 N–H and O–H groups in total. The number of carboxylic acid groups (broad SMARTS) is 1. The third kappa shape index (κ3) is 3.22. The summed E-state index contributed by atoms with van der Waals surface area (Å²) in [6, 6.07) is 5.19. The van der Waals surface area contributed by atoms with E-state index in [0.717, 1.165) is 16.3 Å². The third-order valence-electron chi connectivity index (χ3n) is 2.31. The zero-order chi connectivity index (χ0) is 13.1. The first-order valence-corrected chi connectivity index (χ1v) is 6.81. The maximum absolute atomic E-state index is 10.5. The van der Waals surface area contributed by atoms with Crippen LogP contribution in [0, 0.1) is 0 Å². The van der Waals surface area contributed by atoms with E-state index in [9.17, 15) is 4.79 Å². The molecular formula is C12H9Cl2NO2S. The lowest BCUT2D eigenvalue weighted by atomic mass is 10.2. The number of carbonyl (C=O) groups is 1. The largest absolute Gasteiger partial charge is 0.481 e. The van der Waals surface area contributed by atoms with E-state index in [1.54, 1.807) is 18.2 Å². The van der Waals surface area contributed by atoms with Crippen molar-refractivity contribution < 1.29 is 9.90 Å². The van der Waals surface area contributed by atoms with Gasteiger partial charge in [-0.05, 0) is 18.2 Å². The van der Waals surface area contributed by atoms with Gasteiger partial charge in [0.2, 0.25) is 0 Å². The Morgan fingerprint density at radius 3 is 2.89 bits per heavy atom. The van der Waals surface area contributed by atoms with Crippen LogP contribution < -0.4 is 0 Å². The maximum atomic E-state index is 10.5. The smallest absolute Gasteiger partial charge is 0.303 e. The lowest BCUT2D eigenvalue weighted by Gasteiger charge is -2.00.